The second-order valence-corrected chi connectivity index (χ2v) is 5.23. The molecule has 0 atom stereocenters. The molecule has 104 valence electrons. The molecule has 2 aromatic rings. The first-order chi connectivity index (χ1) is 9.72. The highest BCUT2D eigenvalue weighted by Crippen LogP contribution is 2.18. The number of nitrogens with one attached hydrogen (secondary N) is 1. The number of aromatic nitrogens is 1. The Morgan fingerprint density at radius 3 is 2.90 bits per heavy atom. The number of H-pyrrole nitrogens is 1. The summed E-state index contributed by atoms with van der Waals surface area (Å²) in [5.74, 6) is 0.661. The molecule has 1 N–H and O–H groups in total. The average Bonchev–Trinajstić information content (AvgIpc) is 2.93. The van der Waals surface area contributed by atoms with Crippen LogP contribution in [0.3, 0.4) is 0 Å². The van der Waals surface area contributed by atoms with Crippen molar-refractivity contribution < 1.29 is 9.53 Å². The van der Waals surface area contributed by atoms with Gasteiger partial charge in [0.05, 0.1) is 0 Å². The smallest absolute Gasteiger partial charge is 0.260 e. The number of aromatic amines is 1. The Morgan fingerprint density at radius 1 is 1.30 bits per heavy atom. The average molecular weight is 291 g/mol. The number of carbonyl (C=O) groups excluding carboxylic acids is 1. The van der Waals surface area contributed by atoms with E-state index in [2.05, 4.69) is 4.98 Å². The van der Waals surface area contributed by atoms with Crippen molar-refractivity contribution in [1.29, 1.82) is 0 Å². The highest BCUT2D eigenvalue weighted by atomic mass is 35.5. The van der Waals surface area contributed by atoms with Crippen molar-refractivity contribution in [3.05, 3.63) is 52.8 Å². The molecule has 1 aliphatic heterocycles. The molecule has 3 rings (SSSR count). The molecule has 1 amide bonds. The molecule has 1 aromatic heterocycles. The number of fused-ring (bicyclic) bond motifs is 1. The number of ether oxygens (including phenoxy) is 1. The van der Waals surface area contributed by atoms with Crippen LogP contribution in [0.2, 0.25) is 5.02 Å². The maximum Gasteiger partial charge on any atom is 0.260 e. The van der Waals surface area contributed by atoms with Crippen LogP contribution in [-0.2, 0) is 17.8 Å². The molecule has 0 aliphatic carbocycles. The van der Waals surface area contributed by atoms with Crippen molar-refractivity contribution in [2.45, 2.75) is 13.0 Å². The van der Waals surface area contributed by atoms with Gasteiger partial charge in [0.25, 0.3) is 5.91 Å². The Bertz CT molecular complexity index is 607. The molecule has 20 heavy (non-hydrogen) atoms. The monoisotopic (exact) mass is 290 g/mol. The van der Waals surface area contributed by atoms with Crippen LogP contribution in [0.25, 0.3) is 0 Å². The van der Waals surface area contributed by atoms with Gasteiger partial charge in [-0.2, -0.15) is 0 Å². The predicted octanol–water partition coefficient (Wildman–Crippen LogP) is 2.63. The fourth-order valence-electron chi connectivity index (χ4n) is 2.33. The van der Waals surface area contributed by atoms with Gasteiger partial charge in [0.2, 0.25) is 0 Å². The molecule has 0 saturated heterocycles. The number of amides is 1. The second-order valence-electron chi connectivity index (χ2n) is 4.79. The summed E-state index contributed by atoms with van der Waals surface area (Å²) in [6.45, 7) is 1.44. The quantitative estimate of drug-likeness (QED) is 0.944. The van der Waals surface area contributed by atoms with E-state index in [0.29, 0.717) is 17.3 Å². The highest BCUT2D eigenvalue weighted by molar-refractivity contribution is 6.30. The van der Waals surface area contributed by atoms with E-state index in [9.17, 15) is 4.79 Å². The topological polar surface area (TPSA) is 45.3 Å². The Kier molecular flexibility index (Phi) is 3.65. The van der Waals surface area contributed by atoms with E-state index in [0.717, 1.165) is 13.0 Å². The van der Waals surface area contributed by atoms with Crippen molar-refractivity contribution in [3.8, 4) is 5.75 Å². The molecular weight excluding hydrogens is 276 g/mol. The number of carbonyl (C=O) groups is 1. The van der Waals surface area contributed by atoms with Crippen LogP contribution in [-0.4, -0.2) is 28.9 Å². The van der Waals surface area contributed by atoms with Crippen molar-refractivity contribution in [3.63, 3.8) is 0 Å². The van der Waals surface area contributed by atoms with E-state index in [1.54, 1.807) is 24.3 Å². The second kappa shape index (κ2) is 5.59. The lowest BCUT2D eigenvalue weighted by molar-refractivity contribution is -0.134. The third kappa shape index (κ3) is 2.80. The maximum atomic E-state index is 12.1. The van der Waals surface area contributed by atoms with E-state index in [1.165, 1.54) is 11.3 Å². The van der Waals surface area contributed by atoms with Crippen LogP contribution < -0.4 is 4.74 Å². The number of hydrogen-bond acceptors (Lipinski definition) is 2. The van der Waals surface area contributed by atoms with Crippen LogP contribution >= 0.6 is 11.6 Å². The highest BCUT2D eigenvalue weighted by Gasteiger charge is 2.21. The van der Waals surface area contributed by atoms with Gasteiger partial charge in [-0.05, 0) is 35.9 Å². The maximum absolute atomic E-state index is 12.1. The number of benzene rings is 1. The van der Waals surface area contributed by atoms with E-state index in [4.69, 9.17) is 16.3 Å². The van der Waals surface area contributed by atoms with Gasteiger partial charge in [0.1, 0.15) is 5.75 Å². The van der Waals surface area contributed by atoms with Gasteiger partial charge < -0.3 is 14.6 Å². The summed E-state index contributed by atoms with van der Waals surface area (Å²) in [7, 11) is 0. The molecular formula is C15H15ClN2O2. The van der Waals surface area contributed by atoms with Gasteiger partial charge in [0.15, 0.2) is 6.61 Å². The standard InChI is InChI=1S/C15H15ClN2O2/c16-12-1-3-13(4-2-12)20-10-15(19)18-8-6-14-11(9-18)5-7-17-14/h1-5,7,17H,6,8-10H2. The normalized spacial score (nSPS) is 13.9. The summed E-state index contributed by atoms with van der Waals surface area (Å²) in [5, 5.41) is 0.652. The molecule has 4 nitrogen and oxygen atoms in total. The minimum Gasteiger partial charge on any atom is -0.484 e. The van der Waals surface area contributed by atoms with E-state index >= 15 is 0 Å². The lowest BCUT2D eigenvalue weighted by Crippen LogP contribution is -2.38. The van der Waals surface area contributed by atoms with Crippen LogP contribution in [0.4, 0.5) is 0 Å². The molecule has 2 heterocycles. The fourth-order valence-corrected chi connectivity index (χ4v) is 2.45. The van der Waals surface area contributed by atoms with E-state index in [1.807, 2.05) is 17.2 Å². The Balaban J connectivity index is 1.56. The minimum absolute atomic E-state index is 0.00630. The first-order valence-corrected chi connectivity index (χ1v) is 6.91. The number of hydrogen-bond donors (Lipinski definition) is 1. The molecule has 1 aromatic carbocycles. The van der Waals surface area contributed by atoms with E-state index < -0.39 is 0 Å². The lowest BCUT2D eigenvalue weighted by atomic mass is 10.1. The summed E-state index contributed by atoms with van der Waals surface area (Å²) in [6, 6.07) is 9.03. The molecule has 1 aliphatic rings. The van der Waals surface area contributed by atoms with Gasteiger partial charge in [-0.25, -0.2) is 0 Å². The first kappa shape index (κ1) is 13.1. The van der Waals surface area contributed by atoms with Crippen molar-refractivity contribution in [2.75, 3.05) is 13.2 Å². The van der Waals surface area contributed by atoms with Gasteiger partial charge in [0, 0.05) is 36.4 Å². The van der Waals surface area contributed by atoms with Crippen LogP contribution in [0, 0.1) is 0 Å². The summed E-state index contributed by atoms with van der Waals surface area (Å²) in [6.07, 6.45) is 2.79. The molecule has 0 spiro atoms. The third-order valence-corrected chi connectivity index (χ3v) is 3.70. The lowest BCUT2D eigenvalue weighted by Gasteiger charge is -2.27. The zero-order valence-corrected chi connectivity index (χ0v) is 11.7. The Hall–Kier alpha value is -1.94. The Morgan fingerprint density at radius 2 is 2.10 bits per heavy atom. The number of rotatable bonds is 3. The summed E-state index contributed by atoms with van der Waals surface area (Å²) in [5.41, 5.74) is 2.42. The molecule has 0 saturated carbocycles. The summed E-state index contributed by atoms with van der Waals surface area (Å²) < 4.78 is 5.49. The van der Waals surface area contributed by atoms with Crippen LogP contribution in [0.5, 0.6) is 5.75 Å². The minimum atomic E-state index is 0.00630. The van der Waals surface area contributed by atoms with Crippen molar-refractivity contribution in [2.24, 2.45) is 0 Å². The summed E-state index contributed by atoms with van der Waals surface area (Å²) >= 11 is 5.80. The first-order valence-electron chi connectivity index (χ1n) is 6.53. The van der Waals surface area contributed by atoms with Crippen LogP contribution in [0.1, 0.15) is 11.3 Å². The molecule has 0 fully saturated rings. The fraction of sp³-hybridized carbons (Fsp3) is 0.267. The van der Waals surface area contributed by atoms with Gasteiger partial charge in [-0.1, -0.05) is 11.6 Å². The molecule has 0 bridgehead atoms. The number of nitrogens with zero attached hydrogens (tertiary/aromatic N) is 1. The SMILES string of the molecule is O=C(COc1ccc(Cl)cc1)N1CCc2[nH]ccc2C1. The predicted molar refractivity (Wildman–Crippen MR) is 76.9 cm³/mol. The van der Waals surface area contributed by atoms with Crippen molar-refractivity contribution >= 4 is 17.5 Å². The van der Waals surface area contributed by atoms with Gasteiger partial charge in [-0.15, -0.1) is 0 Å². The molecule has 0 radical (unpaired) electrons. The Labute approximate surface area is 122 Å². The van der Waals surface area contributed by atoms with E-state index in [-0.39, 0.29) is 12.5 Å². The molecule has 5 heteroatoms. The largest absolute Gasteiger partial charge is 0.484 e. The zero-order valence-electron chi connectivity index (χ0n) is 10.9. The van der Waals surface area contributed by atoms with Gasteiger partial charge >= 0.3 is 0 Å². The van der Waals surface area contributed by atoms with Crippen LogP contribution in [0.15, 0.2) is 36.5 Å². The third-order valence-electron chi connectivity index (χ3n) is 3.45. The van der Waals surface area contributed by atoms with Crippen molar-refractivity contribution in [1.82, 2.24) is 9.88 Å². The number of halogens is 1. The molecule has 0 unspecified atom stereocenters. The zero-order chi connectivity index (χ0) is 13.9. The summed E-state index contributed by atoms with van der Waals surface area (Å²) in [4.78, 5) is 17.2. The van der Waals surface area contributed by atoms with Gasteiger partial charge in [-0.3, -0.25) is 4.79 Å².